The summed E-state index contributed by atoms with van der Waals surface area (Å²) in [4.78, 5) is 32.7. The topological polar surface area (TPSA) is 86.7 Å². The SMILES string of the molecule is C[C@H]1CN(c2ccc3c(n2)N(C(=O)Nc2cnccn2)[C@H]2CCN3C2)C[C@H](C)O1. The number of ether oxygens (including phenoxy) is 1. The number of amides is 2. The van der Waals surface area contributed by atoms with E-state index in [1.807, 2.05) is 0 Å². The van der Waals surface area contributed by atoms with Gasteiger partial charge in [-0.1, -0.05) is 0 Å². The molecule has 0 saturated carbocycles. The third kappa shape index (κ3) is 3.35. The average molecular weight is 395 g/mol. The highest BCUT2D eigenvalue weighted by Crippen LogP contribution is 2.40. The molecular weight excluding hydrogens is 370 g/mol. The van der Waals surface area contributed by atoms with Gasteiger partial charge in [0.05, 0.1) is 30.1 Å². The van der Waals surface area contributed by atoms with Gasteiger partial charge in [-0.2, -0.15) is 0 Å². The molecule has 5 heterocycles. The Bertz CT molecular complexity index is 899. The number of nitrogens with one attached hydrogen (secondary N) is 1. The normalized spacial score (nSPS) is 25.7. The number of aromatic nitrogens is 3. The molecule has 9 heteroatoms. The number of carbonyl (C=O) groups excluding carboxylic acids is 1. The van der Waals surface area contributed by atoms with E-state index in [0.717, 1.165) is 44.1 Å². The van der Waals surface area contributed by atoms with Gasteiger partial charge in [-0.15, -0.1) is 0 Å². The third-order valence-electron chi connectivity index (χ3n) is 5.70. The minimum absolute atomic E-state index is 0.101. The molecule has 0 aliphatic carbocycles. The van der Waals surface area contributed by atoms with Crippen LogP contribution in [0, 0.1) is 0 Å². The molecule has 3 atom stereocenters. The van der Waals surface area contributed by atoms with Crippen LogP contribution in [0.5, 0.6) is 0 Å². The van der Waals surface area contributed by atoms with E-state index < -0.39 is 0 Å². The van der Waals surface area contributed by atoms with Gasteiger partial charge in [-0.25, -0.2) is 14.8 Å². The highest BCUT2D eigenvalue weighted by atomic mass is 16.5. The zero-order chi connectivity index (χ0) is 20.0. The van der Waals surface area contributed by atoms with Crippen molar-refractivity contribution in [1.82, 2.24) is 15.0 Å². The number of carbonyl (C=O) groups is 1. The molecule has 152 valence electrons. The van der Waals surface area contributed by atoms with E-state index in [2.05, 4.69) is 51.1 Å². The monoisotopic (exact) mass is 395 g/mol. The van der Waals surface area contributed by atoms with Crippen molar-refractivity contribution in [3.05, 3.63) is 30.7 Å². The van der Waals surface area contributed by atoms with E-state index in [4.69, 9.17) is 9.72 Å². The molecule has 1 N–H and O–H groups in total. The predicted molar refractivity (Wildman–Crippen MR) is 111 cm³/mol. The zero-order valence-electron chi connectivity index (χ0n) is 16.7. The molecular formula is C20H25N7O2. The Balaban J connectivity index is 1.47. The Labute approximate surface area is 169 Å². The summed E-state index contributed by atoms with van der Waals surface area (Å²) in [5.41, 5.74) is 1.01. The molecule has 3 aliphatic heterocycles. The van der Waals surface area contributed by atoms with Gasteiger partial charge in [0, 0.05) is 38.6 Å². The number of hydrogen-bond donors (Lipinski definition) is 1. The van der Waals surface area contributed by atoms with Crippen molar-refractivity contribution in [2.24, 2.45) is 0 Å². The van der Waals surface area contributed by atoms with Crippen LogP contribution in [-0.2, 0) is 4.74 Å². The summed E-state index contributed by atoms with van der Waals surface area (Å²) >= 11 is 0. The van der Waals surface area contributed by atoms with Crippen molar-refractivity contribution in [1.29, 1.82) is 0 Å². The van der Waals surface area contributed by atoms with Gasteiger partial charge in [-0.3, -0.25) is 15.2 Å². The molecule has 2 aromatic rings. The Morgan fingerprint density at radius 1 is 1.14 bits per heavy atom. The molecule has 2 bridgehead atoms. The first-order valence-corrected chi connectivity index (χ1v) is 10.1. The number of morpholine rings is 1. The second kappa shape index (κ2) is 7.14. The van der Waals surface area contributed by atoms with Crippen molar-refractivity contribution < 1.29 is 9.53 Å². The second-order valence-electron chi connectivity index (χ2n) is 7.95. The van der Waals surface area contributed by atoms with Crippen LogP contribution in [-0.4, -0.2) is 65.4 Å². The van der Waals surface area contributed by atoms with Crippen molar-refractivity contribution in [3.8, 4) is 0 Å². The number of fused-ring (bicyclic) bond motifs is 4. The lowest BCUT2D eigenvalue weighted by Gasteiger charge is -2.39. The molecule has 2 aromatic heterocycles. The molecule has 5 rings (SSSR count). The van der Waals surface area contributed by atoms with Gasteiger partial charge in [0.2, 0.25) is 0 Å². The van der Waals surface area contributed by atoms with E-state index in [1.165, 1.54) is 0 Å². The lowest BCUT2D eigenvalue weighted by atomic mass is 10.1. The van der Waals surface area contributed by atoms with Crippen molar-refractivity contribution >= 4 is 29.2 Å². The molecule has 2 amide bonds. The van der Waals surface area contributed by atoms with Gasteiger partial charge < -0.3 is 14.5 Å². The molecule has 9 nitrogen and oxygen atoms in total. The summed E-state index contributed by atoms with van der Waals surface area (Å²) in [7, 11) is 0. The molecule has 0 unspecified atom stereocenters. The summed E-state index contributed by atoms with van der Waals surface area (Å²) in [6.45, 7) is 7.48. The molecule has 0 spiro atoms. The maximum Gasteiger partial charge on any atom is 0.329 e. The van der Waals surface area contributed by atoms with Crippen molar-refractivity contribution in [3.63, 3.8) is 0 Å². The van der Waals surface area contributed by atoms with Crippen LogP contribution in [0.2, 0.25) is 0 Å². The smallest absolute Gasteiger partial charge is 0.329 e. The van der Waals surface area contributed by atoms with Gasteiger partial charge in [-0.05, 0) is 32.4 Å². The zero-order valence-corrected chi connectivity index (χ0v) is 16.7. The minimum Gasteiger partial charge on any atom is -0.372 e. The minimum atomic E-state index is -0.216. The van der Waals surface area contributed by atoms with E-state index in [0.29, 0.717) is 11.6 Å². The van der Waals surface area contributed by atoms with Crippen molar-refractivity contribution in [2.75, 3.05) is 46.2 Å². The maximum absolute atomic E-state index is 13.2. The van der Waals surface area contributed by atoms with E-state index in [1.54, 1.807) is 23.5 Å². The summed E-state index contributed by atoms with van der Waals surface area (Å²) in [5.74, 6) is 2.03. The van der Waals surface area contributed by atoms with E-state index in [9.17, 15) is 4.79 Å². The molecule has 2 saturated heterocycles. The number of nitrogens with zero attached hydrogens (tertiary/aromatic N) is 6. The summed E-state index contributed by atoms with van der Waals surface area (Å²) in [5, 5.41) is 2.87. The number of hydrogen-bond acceptors (Lipinski definition) is 7. The fraction of sp³-hybridized carbons (Fsp3) is 0.500. The lowest BCUT2D eigenvalue weighted by molar-refractivity contribution is -0.00545. The van der Waals surface area contributed by atoms with Crippen LogP contribution >= 0.6 is 0 Å². The summed E-state index contributed by atoms with van der Waals surface area (Å²) in [6, 6.07) is 4.03. The Hall–Kier alpha value is -2.94. The second-order valence-corrected chi connectivity index (χ2v) is 7.95. The first-order valence-electron chi connectivity index (χ1n) is 10.1. The fourth-order valence-corrected chi connectivity index (χ4v) is 4.54. The van der Waals surface area contributed by atoms with Crippen LogP contribution in [0.3, 0.4) is 0 Å². The third-order valence-corrected chi connectivity index (χ3v) is 5.70. The van der Waals surface area contributed by atoms with Crippen LogP contribution in [0.4, 0.5) is 27.9 Å². The molecule has 29 heavy (non-hydrogen) atoms. The maximum atomic E-state index is 13.2. The Morgan fingerprint density at radius 3 is 2.72 bits per heavy atom. The molecule has 2 fully saturated rings. The van der Waals surface area contributed by atoms with Gasteiger partial charge in [0.15, 0.2) is 11.6 Å². The summed E-state index contributed by atoms with van der Waals surface area (Å²) in [6.07, 6.45) is 5.91. The largest absolute Gasteiger partial charge is 0.372 e. The Morgan fingerprint density at radius 2 is 1.97 bits per heavy atom. The van der Waals surface area contributed by atoms with E-state index in [-0.39, 0.29) is 24.3 Å². The standard InChI is InChI=1S/C20H25N7O2/c1-13-10-26(11-14(2)29-13)18-4-3-16-19(24-18)27(15-5-8-25(16)12-15)20(28)23-17-9-21-6-7-22-17/h3-4,6-7,9,13-15H,5,8,10-12H2,1-2H3,(H,22,23,28)/t13-,14-,15-/m0/s1. The highest BCUT2D eigenvalue weighted by Gasteiger charge is 2.40. The quantitative estimate of drug-likeness (QED) is 0.833. The van der Waals surface area contributed by atoms with Crippen LogP contribution in [0.1, 0.15) is 20.3 Å². The van der Waals surface area contributed by atoms with Gasteiger partial charge >= 0.3 is 6.03 Å². The van der Waals surface area contributed by atoms with E-state index >= 15 is 0 Å². The van der Waals surface area contributed by atoms with Gasteiger partial charge in [0.1, 0.15) is 5.82 Å². The fourth-order valence-electron chi connectivity index (χ4n) is 4.54. The summed E-state index contributed by atoms with van der Waals surface area (Å²) < 4.78 is 5.86. The van der Waals surface area contributed by atoms with Crippen LogP contribution < -0.4 is 20.0 Å². The highest BCUT2D eigenvalue weighted by molar-refractivity contribution is 6.04. The molecule has 0 radical (unpaired) electrons. The number of rotatable bonds is 2. The predicted octanol–water partition coefficient (Wildman–Crippen LogP) is 2.12. The van der Waals surface area contributed by atoms with Crippen LogP contribution in [0.15, 0.2) is 30.7 Å². The van der Waals surface area contributed by atoms with Gasteiger partial charge in [0.25, 0.3) is 0 Å². The lowest BCUT2D eigenvalue weighted by Crippen LogP contribution is -2.49. The number of anilines is 4. The first kappa shape index (κ1) is 18.1. The van der Waals surface area contributed by atoms with Crippen LogP contribution in [0.25, 0.3) is 0 Å². The number of pyridine rings is 1. The first-order chi connectivity index (χ1) is 14.1. The molecule has 3 aliphatic rings. The average Bonchev–Trinajstić information content (AvgIpc) is 3.12. The van der Waals surface area contributed by atoms with Crippen molar-refractivity contribution in [2.45, 2.75) is 38.5 Å². The molecule has 0 aromatic carbocycles. The number of urea groups is 1. The Kier molecular flexibility index (Phi) is 4.46.